The Morgan fingerprint density at radius 2 is 1.82 bits per heavy atom. The molecule has 3 atom stereocenters. The van der Waals surface area contributed by atoms with E-state index < -0.39 is 30.1 Å². The molecule has 45 heavy (non-hydrogen) atoms. The predicted octanol–water partition coefficient (Wildman–Crippen LogP) is 5.91. The van der Waals surface area contributed by atoms with E-state index in [-0.39, 0.29) is 28.8 Å². The Balaban J connectivity index is 1.20. The van der Waals surface area contributed by atoms with Gasteiger partial charge in [0.25, 0.3) is 0 Å². The van der Waals surface area contributed by atoms with Crippen LogP contribution in [0, 0.1) is 11.2 Å². The lowest BCUT2D eigenvalue weighted by Crippen LogP contribution is -2.46. The maximum absolute atomic E-state index is 14.3. The van der Waals surface area contributed by atoms with Crippen molar-refractivity contribution in [1.29, 1.82) is 0 Å². The molecule has 9 nitrogen and oxygen atoms in total. The summed E-state index contributed by atoms with van der Waals surface area (Å²) < 4.78 is 62.0. The first kappa shape index (κ1) is 30.5. The van der Waals surface area contributed by atoms with Crippen LogP contribution in [-0.4, -0.2) is 57.4 Å². The monoisotopic (exact) mass is 624 g/mol. The average molecular weight is 625 g/mol. The van der Waals surface area contributed by atoms with Gasteiger partial charge in [0, 0.05) is 36.1 Å². The van der Waals surface area contributed by atoms with Gasteiger partial charge in [-0.05, 0) is 60.4 Å². The molecular weight excluding hydrogens is 592 g/mol. The first-order valence-electron chi connectivity index (χ1n) is 14.7. The van der Waals surface area contributed by atoms with Crippen molar-refractivity contribution in [2.24, 2.45) is 5.41 Å². The van der Waals surface area contributed by atoms with Gasteiger partial charge in [-0.25, -0.2) is 4.39 Å². The number of carbonyl (C=O) groups is 1. The third-order valence-electron chi connectivity index (χ3n) is 8.98. The van der Waals surface area contributed by atoms with Crippen LogP contribution in [0.3, 0.4) is 0 Å². The third kappa shape index (κ3) is 6.21. The van der Waals surface area contributed by atoms with Gasteiger partial charge in [-0.2, -0.15) is 23.1 Å². The maximum atomic E-state index is 14.3. The molecule has 4 heterocycles. The lowest BCUT2D eigenvalue weighted by atomic mass is 9.71. The smallest absolute Gasteiger partial charge is 0.429 e. The second-order valence-electron chi connectivity index (χ2n) is 11.7. The lowest BCUT2D eigenvalue weighted by molar-refractivity contribution is -0.198. The number of pyridine rings is 1. The molecule has 1 spiro atoms. The van der Waals surface area contributed by atoms with E-state index in [0.29, 0.717) is 60.2 Å². The number of carboxylic acid groups (broad SMARTS) is 1. The molecule has 2 saturated heterocycles. The number of nitrogens with one attached hydrogen (secondary N) is 1. The molecule has 13 heteroatoms. The lowest BCUT2D eigenvalue weighted by Gasteiger charge is -2.43. The van der Waals surface area contributed by atoms with Crippen molar-refractivity contribution in [3.05, 3.63) is 72.2 Å². The standard InChI is InChI=1S/C32H32F4N6O3/c1-2-25-31(16-24(39-25)29(43)44)9-11-42(12-10-31)26-15-27(41-30(37)40-26)45-28(32(34,35)36)19-5-3-18(4-6-19)20-7-8-23-21(13-20)14-22(33)17-38-23/h3-8,13-15,17,24-25,28,39H,2,9-12,16H2,1H3,(H,43,44)(H2,37,40,41)/t24?,25?,28-/m1/s1. The average Bonchev–Trinajstić information content (AvgIpc) is 3.37. The summed E-state index contributed by atoms with van der Waals surface area (Å²) in [4.78, 5) is 25.8. The molecule has 2 aromatic carbocycles. The number of nitrogens with zero attached hydrogens (tertiary/aromatic N) is 4. The van der Waals surface area contributed by atoms with E-state index in [4.69, 9.17) is 10.5 Å². The fourth-order valence-corrected chi connectivity index (χ4v) is 6.70. The minimum atomic E-state index is -4.77. The molecule has 236 valence electrons. The van der Waals surface area contributed by atoms with Crippen LogP contribution in [0.15, 0.2) is 60.8 Å². The Kier molecular flexibility index (Phi) is 7.98. The summed E-state index contributed by atoms with van der Waals surface area (Å²) in [6, 6.07) is 13.1. The van der Waals surface area contributed by atoms with E-state index in [1.54, 1.807) is 30.3 Å². The largest absolute Gasteiger partial charge is 0.480 e. The van der Waals surface area contributed by atoms with E-state index >= 15 is 0 Å². The summed E-state index contributed by atoms with van der Waals surface area (Å²) in [5.41, 5.74) is 7.54. The first-order chi connectivity index (χ1) is 21.4. The van der Waals surface area contributed by atoms with Gasteiger partial charge in [0.05, 0.1) is 11.7 Å². The van der Waals surface area contributed by atoms with Gasteiger partial charge in [-0.15, -0.1) is 0 Å². The van der Waals surface area contributed by atoms with E-state index in [9.17, 15) is 27.5 Å². The van der Waals surface area contributed by atoms with Crippen molar-refractivity contribution in [1.82, 2.24) is 20.3 Å². The summed E-state index contributed by atoms with van der Waals surface area (Å²) >= 11 is 0. The summed E-state index contributed by atoms with van der Waals surface area (Å²) in [6.07, 6.45) is -3.26. The highest BCUT2D eigenvalue weighted by molar-refractivity contribution is 5.84. The van der Waals surface area contributed by atoms with Crippen LogP contribution in [0.5, 0.6) is 5.88 Å². The van der Waals surface area contributed by atoms with Crippen LogP contribution in [0.4, 0.5) is 29.3 Å². The predicted molar refractivity (Wildman–Crippen MR) is 160 cm³/mol. The number of anilines is 2. The molecule has 4 N–H and O–H groups in total. The van der Waals surface area contributed by atoms with Crippen molar-refractivity contribution >= 4 is 28.6 Å². The highest BCUT2D eigenvalue weighted by Crippen LogP contribution is 2.46. The van der Waals surface area contributed by atoms with Gasteiger partial charge >= 0.3 is 12.1 Å². The number of aliphatic carboxylic acids is 1. The van der Waals surface area contributed by atoms with E-state index in [2.05, 4.69) is 20.3 Å². The second-order valence-corrected chi connectivity index (χ2v) is 11.7. The molecule has 2 aliphatic heterocycles. The number of rotatable bonds is 7. The number of alkyl halides is 3. The number of hydrogen-bond donors (Lipinski definition) is 3. The van der Waals surface area contributed by atoms with Crippen LogP contribution in [0.25, 0.3) is 22.0 Å². The van der Waals surface area contributed by atoms with E-state index in [0.717, 1.165) is 12.6 Å². The number of aromatic nitrogens is 3. The minimum absolute atomic E-state index is 0.0651. The van der Waals surface area contributed by atoms with Gasteiger partial charge in [-0.1, -0.05) is 37.3 Å². The highest BCUT2D eigenvalue weighted by atomic mass is 19.4. The van der Waals surface area contributed by atoms with Crippen molar-refractivity contribution in [2.75, 3.05) is 23.7 Å². The van der Waals surface area contributed by atoms with Crippen LogP contribution in [-0.2, 0) is 4.79 Å². The Labute approximate surface area is 256 Å². The number of ether oxygens (including phenoxy) is 1. The van der Waals surface area contributed by atoms with Gasteiger partial charge in [0.1, 0.15) is 17.7 Å². The molecule has 0 amide bonds. The molecule has 0 bridgehead atoms. The Bertz CT molecular complexity index is 1710. The number of nitrogen functional groups attached to an aromatic ring is 1. The molecule has 4 aromatic rings. The van der Waals surface area contributed by atoms with Gasteiger partial charge in [0.15, 0.2) is 0 Å². The number of piperidine rings is 1. The molecule has 0 saturated carbocycles. The Hall–Kier alpha value is -4.52. The van der Waals surface area contributed by atoms with Gasteiger partial charge < -0.3 is 25.8 Å². The molecule has 6 rings (SSSR count). The number of halogens is 4. The second kappa shape index (κ2) is 11.8. The van der Waals surface area contributed by atoms with E-state index in [1.807, 2.05) is 11.8 Å². The van der Waals surface area contributed by atoms with Gasteiger partial charge in [-0.3, -0.25) is 9.78 Å². The minimum Gasteiger partial charge on any atom is -0.480 e. The summed E-state index contributed by atoms with van der Waals surface area (Å²) in [7, 11) is 0. The number of carboxylic acids is 1. The van der Waals surface area contributed by atoms with Gasteiger partial charge in [0.2, 0.25) is 17.9 Å². The summed E-state index contributed by atoms with van der Waals surface area (Å²) in [6.45, 7) is 3.09. The van der Waals surface area contributed by atoms with Crippen LogP contribution >= 0.6 is 0 Å². The number of hydrogen-bond acceptors (Lipinski definition) is 8. The quantitative estimate of drug-likeness (QED) is 0.215. The van der Waals surface area contributed by atoms with E-state index in [1.165, 1.54) is 24.3 Å². The molecule has 2 unspecified atom stereocenters. The number of nitrogens with two attached hydrogens (primary N) is 1. The SMILES string of the molecule is CCC1NC(C(=O)O)CC12CCN(c1cc(O[C@H](c3ccc(-c4ccc5ncc(F)cc5c4)cc3)C(F)(F)F)nc(N)n1)CC2. The Morgan fingerprint density at radius 1 is 1.11 bits per heavy atom. The van der Waals surface area contributed by atoms with Crippen LogP contribution in [0.2, 0.25) is 0 Å². The zero-order chi connectivity index (χ0) is 31.9. The zero-order valence-corrected chi connectivity index (χ0v) is 24.4. The normalized spacial score (nSPS) is 20.4. The third-order valence-corrected chi connectivity index (χ3v) is 8.98. The van der Waals surface area contributed by atoms with Crippen molar-refractivity contribution < 1.29 is 32.2 Å². The van der Waals surface area contributed by atoms with Crippen molar-refractivity contribution in [2.45, 2.75) is 57.0 Å². The van der Waals surface area contributed by atoms with Crippen LogP contribution < -0.4 is 20.7 Å². The molecule has 2 fully saturated rings. The van der Waals surface area contributed by atoms with Crippen molar-refractivity contribution in [3.63, 3.8) is 0 Å². The van der Waals surface area contributed by atoms with Crippen molar-refractivity contribution in [3.8, 4) is 17.0 Å². The zero-order valence-electron chi connectivity index (χ0n) is 24.4. The Morgan fingerprint density at radius 3 is 2.49 bits per heavy atom. The molecule has 0 radical (unpaired) electrons. The molecule has 2 aromatic heterocycles. The summed E-state index contributed by atoms with van der Waals surface area (Å²) in [5.74, 6) is -1.54. The first-order valence-corrected chi connectivity index (χ1v) is 14.7. The number of benzene rings is 2. The van der Waals surface area contributed by atoms with Crippen LogP contribution in [0.1, 0.15) is 44.3 Å². The fourth-order valence-electron chi connectivity index (χ4n) is 6.70. The summed E-state index contributed by atoms with van der Waals surface area (Å²) in [5, 5.41) is 13.4. The molecule has 0 aliphatic carbocycles. The number of fused-ring (bicyclic) bond motifs is 1. The molecule has 2 aliphatic rings. The maximum Gasteiger partial charge on any atom is 0.429 e. The topological polar surface area (TPSA) is 126 Å². The fraction of sp³-hybridized carbons (Fsp3) is 0.375. The highest BCUT2D eigenvalue weighted by Gasteiger charge is 2.50. The molecular formula is C32H32F4N6O3.